The van der Waals surface area contributed by atoms with E-state index in [2.05, 4.69) is 205 Å². The van der Waals surface area contributed by atoms with Crippen LogP contribution < -0.4 is 4.90 Å². The van der Waals surface area contributed by atoms with Gasteiger partial charge < -0.3 is 9.32 Å². The molecular weight excluding hydrogens is 711 g/mol. The minimum Gasteiger partial charge on any atom is -0.456 e. The van der Waals surface area contributed by atoms with Crippen LogP contribution in [0, 0.1) is 0 Å². The summed E-state index contributed by atoms with van der Waals surface area (Å²) >= 11 is 1.87. The van der Waals surface area contributed by atoms with Gasteiger partial charge in [0.1, 0.15) is 11.2 Å². The predicted octanol–water partition coefficient (Wildman–Crippen LogP) is 16.2. The zero-order valence-electron chi connectivity index (χ0n) is 30.8. The van der Waals surface area contributed by atoms with Gasteiger partial charge in [-0.25, -0.2) is 0 Å². The molecule has 2 heterocycles. The lowest BCUT2D eigenvalue weighted by Crippen LogP contribution is -2.13. The number of thiophene rings is 1. The highest BCUT2D eigenvalue weighted by Crippen LogP contribution is 2.53. The Morgan fingerprint density at radius 1 is 0.404 bits per heavy atom. The molecule has 0 radical (unpaired) electrons. The van der Waals surface area contributed by atoms with E-state index in [4.69, 9.17) is 4.42 Å². The first kappa shape index (κ1) is 32.1. The van der Waals surface area contributed by atoms with Crippen LogP contribution in [0.1, 0.15) is 0 Å². The predicted molar refractivity (Wildman–Crippen MR) is 245 cm³/mol. The largest absolute Gasteiger partial charge is 0.456 e. The van der Waals surface area contributed by atoms with Crippen molar-refractivity contribution < 1.29 is 4.42 Å². The molecule has 0 aliphatic rings. The van der Waals surface area contributed by atoms with Gasteiger partial charge in [-0.1, -0.05) is 164 Å². The Morgan fingerprint density at radius 3 is 1.88 bits per heavy atom. The molecule has 266 valence electrons. The number of hydrogen-bond donors (Lipinski definition) is 0. The molecule has 0 amide bonds. The molecule has 12 aromatic rings. The number of benzene rings is 10. The lowest BCUT2D eigenvalue weighted by Gasteiger charge is -2.31. The van der Waals surface area contributed by atoms with Crippen LogP contribution in [0.3, 0.4) is 0 Å². The van der Waals surface area contributed by atoms with Gasteiger partial charge in [-0.3, -0.25) is 0 Å². The second-order valence-corrected chi connectivity index (χ2v) is 15.8. The van der Waals surface area contributed by atoms with Crippen LogP contribution in [0.5, 0.6) is 0 Å². The van der Waals surface area contributed by atoms with Gasteiger partial charge in [-0.15, -0.1) is 11.3 Å². The summed E-state index contributed by atoms with van der Waals surface area (Å²) in [5, 5.41) is 12.1. The van der Waals surface area contributed by atoms with Gasteiger partial charge in [0.25, 0.3) is 0 Å². The zero-order valence-corrected chi connectivity index (χ0v) is 31.6. The average molecular weight is 744 g/mol. The summed E-state index contributed by atoms with van der Waals surface area (Å²) in [6.07, 6.45) is 0. The number of anilines is 3. The first-order valence-corrected chi connectivity index (χ1v) is 20.2. The fourth-order valence-electron chi connectivity index (χ4n) is 9.19. The van der Waals surface area contributed by atoms with Crippen LogP contribution in [0.2, 0.25) is 0 Å². The van der Waals surface area contributed by atoms with Crippen LogP contribution in [-0.4, -0.2) is 0 Å². The summed E-state index contributed by atoms with van der Waals surface area (Å²) in [5.74, 6) is 0. The van der Waals surface area contributed by atoms with Crippen molar-refractivity contribution >= 4 is 103 Å². The van der Waals surface area contributed by atoms with Gasteiger partial charge in [0, 0.05) is 42.2 Å². The highest BCUT2D eigenvalue weighted by atomic mass is 32.1. The minimum absolute atomic E-state index is 0.863. The van der Waals surface area contributed by atoms with Crippen molar-refractivity contribution in [3.63, 3.8) is 0 Å². The SMILES string of the molecule is c1cc(-c2cccc3c2sc2ccccc23)cc(N(c2c(-c3cccc4ccccc34)c3ccccc3c3ccccc23)c2cccc3oc4ccccc4c23)c1. The fourth-order valence-corrected chi connectivity index (χ4v) is 10.4. The minimum atomic E-state index is 0.863. The first-order chi connectivity index (χ1) is 28.3. The van der Waals surface area contributed by atoms with E-state index in [1.54, 1.807) is 0 Å². The van der Waals surface area contributed by atoms with E-state index >= 15 is 0 Å². The van der Waals surface area contributed by atoms with Crippen molar-refractivity contribution in [2.75, 3.05) is 4.90 Å². The van der Waals surface area contributed by atoms with Crippen molar-refractivity contribution in [2.24, 2.45) is 0 Å². The quantitative estimate of drug-likeness (QED) is 0.163. The van der Waals surface area contributed by atoms with E-state index in [1.807, 2.05) is 11.3 Å². The van der Waals surface area contributed by atoms with Gasteiger partial charge >= 0.3 is 0 Å². The van der Waals surface area contributed by atoms with Crippen molar-refractivity contribution in [3.8, 4) is 22.3 Å². The van der Waals surface area contributed by atoms with Crippen molar-refractivity contribution in [2.45, 2.75) is 0 Å². The molecule has 0 saturated carbocycles. The van der Waals surface area contributed by atoms with Crippen LogP contribution in [0.15, 0.2) is 205 Å². The maximum atomic E-state index is 6.59. The molecule has 0 N–H and O–H groups in total. The van der Waals surface area contributed by atoms with E-state index in [0.717, 1.165) is 39.0 Å². The van der Waals surface area contributed by atoms with E-state index in [9.17, 15) is 0 Å². The third kappa shape index (κ3) is 4.89. The van der Waals surface area contributed by atoms with Gasteiger partial charge in [-0.2, -0.15) is 0 Å². The molecule has 0 aliphatic heterocycles. The van der Waals surface area contributed by atoms with E-state index in [1.165, 1.54) is 74.7 Å². The second-order valence-electron chi connectivity index (χ2n) is 14.8. The number of fused-ring (bicyclic) bond motifs is 10. The number of rotatable bonds is 5. The van der Waals surface area contributed by atoms with Gasteiger partial charge in [0.15, 0.2) is 0 Å². The lowest BCUT2D eigenvalue weighted by molar-refractivity contribution is 0.669. The van der Waals surface area contributed by atoms with Crippen LogP contribution >= 0.6 is 11.3 Å². The fraction of sp³-hybridized carbons (Fsp3) is 0. The molecule has 0 bridgehead atoms. The third-order valence-corrected chi connectivity index (χ3v) is 12.8. The summed E-state index contributed by atoms with van der Waals surface area (Å²) in [6, 6.07) is 72.9. The molecule has 0 saturated heterocycles. The van der Waals surface area contributed by atoms with Crippen molar-refractivity contribution in [1.82, 2.24) is 0 Å². The van der Waals surface area contributed by atoms with Crippen molar-refractivity contribution in [1.29, 1.82) is 0 Å². The summed E-state index contributed by atoms with van der Waals surface area (Å²) < 4.78 is 9.20. The Hall–Kier alpha value is -7.20. The van der Waals surface area contributed by atoms with Gasteiger partial charge in [-0.05, 0) is 80.0 Å². The van der Waals surface area contributed by atoms with E-state index in [-0.39, 0.29) is 0 Å². The van der Waals surface area contributed by atoms with Crippen LogP contribution in [0.4, 0.5) is 17.1 Å². The monoisotopic (exact) mass is 743 g/mol. The van der Waals surface area contributed by atoms with Crippen LogP contribution in [-0.2, 0) is 0 Å². The first-order valence-electron chi connectivity index (χ1n) is 19.4. The number of hydrogen-bond acceptors (Lipinski definition) is 3. The van der Waals surface area contributed by atoms with Gasteiger partial charge in [0.05, 0.1) is 16.8 Å². The molecule has 2 nitrogen and oxygen atoms in total. The maximum Gasteiger partial charge on any atom is 0.137 e. The Kier molecular flexibility index (Phi) is 7.13. The Bertz CT molecular complexity index is 3550. The number of para-hydroxylation sites is 1. The molecule has 2 aromatic heterocycles. The molecule has 0 aliphatic carbocycles. The molecule has 0 fully saturated rings. The Balaban J connectivity index is 1.24. The van der Waals surface area contributed by atoms with Crippen molar-refractivity contribution in [3.05, 3.63) is 200 Å². The lowest BCUT2D eigenvalue weighted by atomic mass is 9.87. The molecule has 0 atom stereocenters. The smallest absolute Gasteiger partial charge is 0.137 e. The molecule has 10 aromatic carbocycles. The van der Waals surface area contributed by atoms with E-state index in [0.29, 0.717) is 0 Å². The highest BCUT2D eigenvalue weighted by molar-refractivity contribution is 7.26. The number of nitrogens with zero attached hydrogens (tertiary/aromatic N) is 1. The Labute approximate surface area is 333 Å². The maximum absolute atomic E-state index is 6.59. The summed E-state index contributed by atoms with van der Waals surface area (Å²) in [7, 11) is 0. The Morgan fingerprint density at radius 2 is 1.00 bits per heavy atom. The number of furan rings is 1. The summed E-state index contributed by atoms with van der Waals surface area (Å²) in [5.41, 5.74) is 9.83. The second kappa shape index (κ2) is 12.7. The standard InChI is InChI=1S/C54H33NOS/c1-2-19-37-34(15-1)16-12-27-42(37)51-43-23-5-3-20-39(43)40-21-4-6-24-44(40)53(51)55(47-29-14-31-49-52(47)46-25-7-9-30-48(46)56-49)36-18-11-17-35(33-36)38-26-13-28-45-41-22-8-10-32-50(41)57-54(38)45/h1-33H. The summed E-state index contributed by atoms with van der Waals surface area (Å²) in [6.45, 7) is 0. The molecule has 0 spiro atoms. The average Bonchev–Trinajstić information content (AvgIpc) is 3.86. The van der Waals surface area contributed by atoms with Gasteiger partial charge in [0.2, 0.25) is 0 Å². The molecule has 12 rings (SSSR count). The molecule has 57 heavy (non-hydrogen) atoms. The molecule has 3 heteroatoms. The molecular formula is C54H33NOS. The topological polar surface area (TPSA) is 16.4 Å². The highest BCUT2D eigenvalue weighted by Gasteiger charge is 2.27. The van der Waals surface area contributed by atoms with E-state index < -0.39 is 0 Å². The zero-order chi connectivity index (χ0) is 37.5. The van der Waals surface area contributed by atoms with Crippen LogP contribution in [0.25, 0.3) is 96.7 Å². The normalized spacial score (nSPS) is 11.9. The third-order valence-electron chi connectivity index (χ3n) is 11.6. The summed E-state index contributed by atoms with van der Waals surface area (Å²) in [4.78, 5) is 2.52. The molecule has 0 unspecified atom stereocenters.